The van der Waals surface area contributed by atoms with Crippen molar-refractivity contribution in [1.29, 1.82) is 0 Å². The van der Waals surface area contributed by atoms with Crippen molar-refractivity contribution in [3.63, 3.8) is 0 Å². The summed E-state index contributed by atoms with van der Waals surface area (Å²) in [7, 11) is 1.38. The van der Waals surface area contributed by atoms with Gasteiger partial charge in [-0.2, -0.15) is 0 Å². The Morgan fingerprint density at radius 2 is 2.04 bits per heavy atom. The number of hydrogen-bond donors (Lipinski definition) is 0. The zero-order chi connectivity index (χ0) is 16.7. The second-order valence-corrected chi connectivity index (χ2v) is 6.16. The quantitative estimate of drug-likeness (QED) is 0.505. The van der Waals surface area contributed by atoms with Crippen LogP contribution < -0.4 is 4.74 Å². The van der Waals surface area contributed by atoms with Crippen LogP contribution in [0.2, 0.25) is 0 Å². The highest BCUT2D eigenvalue weighted by molar-refractivity contribution is 9.10. The molecule has 0 bridgehead atoms. The number of benzene rings is 1. The minimum Gasteiger partial charge on any atom is -0.494 e. The first-order chi connectivity index (χ1) is 11.1. The average Bonchev–Trinajstić information content (AvgIpc) is 2.98. The van der Waals surface area contributed by atoms with Crippen LogP contribution >= 0.6 is 15.9 Å². The lowest BCUT2D eigenvalue weighted by Gasteiger charge is -2.11. The van der Waals surface area contributed by atoms with E-state index in [0.717, 1.165) is 28.8 Å². The summed E-state index contributed by atoms with van der Waals surface area (Å²) < 4.78 is 16.7. The molecule has 0 spiro atoms. The molecular weight excluding hydrogens is 362 g/mol. The van der Waals surface area contributed by atoms with Gasteiger partial charge in [-0.05, 0) is 50.5 Å². The van der Waals surface area contributed by atoms with Crippen LogP contribution in [0.25, 0.3) is 0 Å². The summed E-state index contributed by atoms with van der Waals surface area (Å²) in [6.45, 7) is 2.43. The minimum absolute atomic E-state index is 0.296. The third kappa shape index (κ3) is 5.39. The molecule has 0 saturated heterocycles. The summed E-state index contributed by atoms with van der Waals surface area (Å²) in [6, 6.07) is 9.49. The van der Waals surface area contributed by atoms with Gasteiger partial charge in [0.05, 0.1) is 19.4 Å². The normalized spacial score (nSPS) is 12.0. The molecule has 1 aromatic heterocycles. The van der Waals surface area contributed by atoms with Gasteiger partial charge in [0.2, 0.25) is 0 Å². The summed E-state index contributed by atoms with van der Waals surface area (Å²) in [5.41, 5.74) is 0.757. The van der Waals surface area contributed by atoms with Crippen molar-refractivity contribution < 1.29 is 18.8 Å². The maximum atomic E-state index is 11.9. The van der Waals surface area contributed by atoms with Crippen LogP contribution in [0.1, 0.15) is 36.6 Å². The van der Waals surface area contributed by atoms with Crippen molar-refractivity contribution in [1.82, 2.24) is 5.16 Å². The Balaban J connectivity index is 1.78. The van der Waals surface area contributed by atoms with Crippen molar-refractivity contribution in [2.75, 3.05) is 13.7 Å². The lowest BCUT2D eigenvalue weighted by molar-refractivity contribution is -0.143. The van der Waals surface area contributed by atoms with Crippen LogP contribution in [0, 0.1) is 6.92 Å². The van der Waals surface area contributed by atoms with Gasteiger partial charge in [0.25, 0.3) is 0 Å². The van der Waals surface area contributed by atoms with Gasteiger partial charge in [0.15, 0.2) is 5.76 Å². The number of halogens is 1. The molecule has 124 valence electrons. The molecule has 0 saturated carbocycles. The number of ether oxygens (including phenoxy) is 2. The van der Waals surface area contributed by atoms with E-state index in [-0.39, 0.29) is 5.97 Å². The van der Waals surface area contributed by atoms with Crippen molar-refractivity contribution >= 4 is 21.9 Å². The second-order valence-electron chi connectivity index (χ2n) is 5.24. The highest BCUT2D eigenvalue weighted by Gasteiger charge is 2.25. The molecule has 6 heteroatoms. The Morgan fingerprint density at radius 1 is 1.30 bits per heavy atom. The Morgan fingerprint density at radius 3 is 2.65 bits per heavy atom. The van der Waals surface area contributed by atoms with Gasteiger partial charge >= 0.3 is 5.97 Å². The van der Waals surface area contributed by atoms with Gasteiger partial charge in [0, 0.05) is 10.5 Å². The van der Waals surface area contributed by atoms with Crippen molar-refractivity contribution in [2.24, 2.45) is 0 Å². The number of rotatable bonds is 8. The lowest BCUT2D eigenvalue weighted by atomic mass is 9.99. The fourth-order valence-electron chi connectivity index (χ4n) is 2.24. The number of carbonyl (C=O) groups excluding carboxylic acids is 1. The Labute approximate surface area is 144 Å². The SMILES string of the molecule is COC(=O)C(CCCCOc1ccc(Br)cc1)c1cc(C)no1. The summed E-state index contributed by atoms with van der Waals surface area (Å²) in [4.78, 5) is 11.9. The number of esters is 1. The van der Waals surface area contributed by atoms with Gasteiger partial charge in [-0.1, -0.05) is 21.1 Å². The largest absolute Gasteiger partial charge is 0.494 e. The van der Waals surface area contributed by atoms with Crippen molar-refractivity contribution in [3.05, 3.63) is 46.3 Å². The van der Waals surface area contributed by atoms with E-state index in [1.165, 1.54) is 7.11 Å². The van der Waals surface area contributed by atoms with Gasteiger partial charge in [0.1, 0.15) is 11.7 Å². The van der Waals surface area contributed by atoms with Crippen LogP contribution in [-0.4, -0.2) is 24.8 Å². The fraction of sp³-hybridized carbons (Fsp3) is 0.412. The summed E-state index contributed by atoms with van der Waals surface area (Å²) in [5, 5.41) is 3.83. The first kappa shape index (κ1) is 17.5. The zero-order valence-electron chi connectivity index (χ0n) is 13.3. The second kappa shape index (κ2) is 8.72. The molecule has 1 atom stereocenters. The fourth-order valence-corrected chi connectivity index (χ4v) is 2.50. The van der Waals surface area contributed by atoms with E-state index < -0.39 is 5.92 Å². The van der Waals surface area contributed by atoms with Crippen LogP contribution in [0.4, 0.5) is 0 Å². The third-order valence-electron chi connectivity index (χ3n) is 3.44. The molecule has 1 aromatic carbocycles. The lowest BCUT2D eigenvalue weighted by Crippen LogP contribution is -2.14. The number of aromatic nitrogens is 1. The number of hydrogen-bond acceptors (Lipinski definition) is 5. The van der Waals surface area contributed by atoms with Gasteiger partial charge < -0.3 is 14.0 Å². The molecule has 0 fully saturated rings. The van der Waals surface area contributed by atoms with E-state index in [4.69, 9.17) is 14.0 Å². The average molecular weight is 382 g/mol. The molecule has 23 heavy (non-hydrogen) atoms. The van der Waals surface area contributed by atoms with Crippen molar-refractivity contribution in [3.8, 4) is 5.75 Å². The van der Waals surface area contributed by atoms with Crippen LogP contribution in [0.15, 0.2) is 39.3 Å². The molecule has 0 aliphatic carbocycles. The predicted molar refractivity (Wildman–Crippen MR) is 89.5 cm³/mol. The van der Waals surface area contributed by atoms with E-state index in [9.17, 15) is 4.79 Å². The third-order valence-corrected chi connectivity index (χ3v) is 3.97. The highest BCUT2D eigenvalue weighted by Crippen LogP contribution is 2.24. The van der Waals surface area contributed by atoms with E-state index in [0.29, 0.717) is 18.8 Å². The smallest absolute Gasteiger partial charge is 0.316 e. The maximum Gasteiger partial charge on any atom is 0.316 e. The highest BCUT2D eigenvalue weighted by atomic mass is 79.9. The molecule has 2 rings (SSSR count). The molecule has 1 heterocycles. The molecule has 1 unspecified atom stereocenters. The first-order valence-electron chi connectivity index (χ1n) is 7.49. The molecule has 0 aliphatic rings. The summed E-state index contributed by atoms with van der Waals surface area (Å²) >= 11 is 3.39. The standard InChI is InChI=1S/C17H20BrNO4/c1-12-11-16(23-19-12)15(17(20)21-2)5-3-4-10-22-14-8-6-13(18)7-9-14/h6-9,11,15H,3-5,10H2,1-2H3. The van der Waals surface area contributed by atoms with E-state index in [2.05, 4.69) is 21.1 Å². The van der Waals surface area contributed by atoms with Gasteiger partial charge in [-0.25, -0.2) is 0 Å². The number of methoxy groups -OCH3 is 1. The van der Waals surface area contributed by atoms with Gasteiger partial charge in [-0.3, -0.25) is 4.79 Å². The molecule has 2 aromatic rings. The molecule has 0 aliphatic heterocycles. The maximum absolute atomic E-state index is 11.9. The molecule has 0 radical (unpaired) electrons. The van der Waals surface area contributed by atoms with Crippen molar-refractivity contribution in [2.45, 2.75) is 32.1 Å². The topological polar surface area (TPSA) is 61.6 Å². The summed E-state index contributed by atoms with van der Waals surface area (Å²) in [5.74, 6) is 0.690. The van der Waals surface area contributed by atoms with Crippen LogP contribution in [0.3, 0.4) is 0 Å². The molecule has 5 nitrogen and oxygen atoms in total. The van der Waals surface area contributed by atoms with Crippen LogP contribution in [0.5, 0.6) is 5.75 Å². The number of nitrogens with zero attached hydrogens (tertiary/aromatic N) is 1. The Kier molecular flexibility index (Phi) is 6.65. The molecular formula is C17H20BrNO4. The van der Waals surface area contributed by atoms with Gasteiger partial charge in [-0.15, -0.1) is 0 Å². The number of unbranched alkanes of at least 4 members (excludes halogenated alkanes) is 1. The predicted octanol–water partition coefficient (Wildman–Crippen LogP) is 4.25. The zero-order valence-corrected chi connectivity index (χ0v) is 14.8. The Bertz CT molecular complexity index is 624. The summed E-state index contributed by atoms with van der Waals surface area (Å²) in [6.07, 6.45) is 2.32. The molecule has 0 N–H and O–H groups in total. The van der Waals surface area contributed by atoms with Crippen LogP contribution in [-0.2, 0) is 9.53 Å². The number of aryl methyl sites for hydroxylation is 1. The Hall–Kier alpha value is -1.82. The van der Waals surface area contributed by atoms with E-state index >= 15 is 0 Å². The first-order valence-corrected chi connectivity index (χ1v) is 8.29. The van der Waals surface area contributed by atoms with E-state index in [1.54, 1.807) is 6.07 Å². The number of carbonyl (C=O) groups is 1. The minimum atomic E-state index is -0.408. The monoisotopic (exact) mass is 381 g/mol. The molecule has 0 amide bonds. The van der Waals surface area contributed by atoms with E-state index in [1.807, 2.05) is 31.2 Å².